The third-order valence-electron chi connectivity index (χ3n) is 3.67. The van der Waals surface area contributed by atoms with Crippen molar-refractivity contribution in [1.82, 2.24) is 4.98 Å². The van der Waals surface area contributed by atoms with Crippen molar-refractivity contribution in [3.8, 4) is 0 Å². The van der Waals surface area contributed by atoms with Crippen LogP contribution < -0.4 is 5.32 Å². The molecule has 1 aromatic carbocycles. The fraction of sp³-hybridized carbons (Fsp3) is 0.267. The average molecular weight is 337 g/mol. The maximum absolute atomic E-state index is 12.4. The second-order valence-corrected chi connectivity index (χ2v) is 6.63. The van der Waals surface area contributed by atoms with Crippen molar-refractivity contribution in [3.05, 3.63) is 35.4 Å². The maximum Gasteiger partial charge on any atom is 0.307 e. The zero-order valence-corrected chi connectivity index (χ0v) is 13.0. The number of benzene rings is 1. The van der Waals surface area contributed by atoms with Crippen LogP contribution in [0, 0.1) is 11.8 Å². The summed E-state index contributed by atoms with van der Waals surface area (Å²) in [5.74, 6) is -2.76. The summed E-state index contributed by atoms with van der Waals surface area (Å²) < 4.78 is 0.967. The number of hydrogen-bond donors (Lipinski definition) is 2. The van der Waals surface area contributed by atoms with Crippen LogP contribution in [0.3, 0.4) is 0 Å². The van der Waals surface area contributed by atoms with Crippen molar-refractivity contribution >= 4 is 50.2 Å². The van der Waals surface area contributed by atoms with E-state index in [1.807, 2.05) is 24.3 Å². The number of thiazole rings is 1. The van der Waals surface area contributed by atoms with E-state index in [1.165, 1.54) is 11.3 Å². The quantitative estimate of drug-likeness (QED) is 0.899. The van der Waals surface area contributed by atoms with E-state index in [2.05, 4.69) is 10.3 Å². The van der Waals surface area contributed by atoms with Crippen LogP contribution in [0.25, 0.3) is 10.2 Å². The number of nitrogens with one attached hydrogen (secondary N) is 1. The highest BCUT2D eigenvalue weighted by molar-refractivity contribution is 7.22. The Morgan fingerprint density at radius 2 is 2.09 bits per heavy atom. The van der Waals surface area contributed by atoms with Crippen molar-refractivity contribution in [2.45, 2.75) is 12.8 Å². The monoisotopic (exact) mass is 336 g/mol. The molecule has 2 atom stereocenters. The van der Waals surface area contributed by atoms with Crippen LogP contribution in [0.5, 0.6) is 0 Å². The van der Waals surface area contributed by atoms with Crippen LogP contribution in [0.1, 0.15) is 12.8 Å². The van der Waals surface area contributed by atoms with Gasteiger partial charge in [0.15, 0.2) is 5.13 Å². The van der Waals surface area contributed by atoms with Crippen LogP contribution >= 0.6 is 22.9 Å². The van der Waals surface area contributed by atoms with Crippen LogP contribution in [0.4, 0.5) is 5.13 Å². The number of hydrogen-bond acceptors (Lipinski definition) is 4. The average Bonchev–Trinajstić information content (AvgIpc) is 2.88. The summed E-state index contributed by atoms with van der Waals surface area (Å²) in [4.78, 5) is 28.0. The van der Waals surface area contributed by atoms with Gasteiger partial charge in [-0.2, -0.15) is 0 Å². The number of carbonyl (C=O) groups is 2. The Kier molecular flexibility index (Phi) is 4.13. The van der Waals surface area contributed by atoms with Gasteiger partial charge < -0.3 is 10.4 Å². The Bertz CT molecular complexity index is 738. The Morgan fingerprint density at radius 3 is 2.82 bits per heavy atom. The minimum atomic E-state index is -0.982. The Morgan fingerprint density at radius 1 is 1.32 bits per heavy atom. The first-order valence-corrected chi connectivity index (χ1v) is 7.98. The molecule has 5 nitrogen and oxygen atoms in total. The number of carboxylic acids is 1. The molecule has 0 spiro atoms. The molecule has 22 heavy (non-hydrogen) atoms. The number of anilines is 1. The summed E-state index contributed by atoms with van der Waals surface area (Å²) in [5, 5.41) is 13.0. The van der Waals surface area contributed by atoms with E-state index >= 15 is 0 Å². The highest BCUT2D eigenvalue weighted by Gasteiger charge is 2.36. The number of carbonyl (C=O) groups excluding carboxylic acids is 1. The summed E-state index contributed by atoms with van der Waals surface area (Å²) >= 11 is 7.33. The number of allylic oxidation sites excluding steroid dienone is 2. The van der Waals surface area contributed by atoms with E-state index in [-0.39, 0.29) is 18.7 Å². The van der Waals surface area contributed by atoms with E-state index in [0.717, 1.165) is 10.2 Å². The van der Waals surface area contributed by atoms with Crippen LogP contribution in [-0.4, -0.2) is 22.0 Å². The smallest absolute Gasteiger partial charge is 0.307 e. The summed E-state index contributed by atoms with van der Waals surface area (Å²) in [6.45, 7) is 0. The molecule has 0 unspecified atom stereocenters. The highest BCUT2D eigenvalue weighted by Crippen LogP contribution is 2.33. The van der Waals surface area contributed by atoms with Gasteiger partial charge in [0.2, 0.25) is 5.91 Å². The first-order valence-electron chi connectivity index (χ1n) is 6.78. The molecule has 2 aromatic rings. The molecule has 1 heterocycles. The summed E-state index contributed by atoms with van der Waals surface area (Å²) in [6.07, 6.45) is 2.18. The number of aliphatic carboxylic acids is 1. The first-order chi connectivity index (χ1) is 10.5. The van der Waals surface area contributed by atoms with Gasteiger partial charge in [0, 0.05) is 5.03 Å². The molecular formula is C15H13ClN2O3S. The van der Waals surface area contributed by atoms with Crippen LogP contribution in [0.2, 0.25) is 0 Å². The van der Waals surface area contributed by atoms with Gasteiger partial charge in [-0.25, -0.2) is 4.98 Å². The van der Waals surface area contributed by atoms with Gasteiger partial charge in [0.1, 0.15) is 0 Å². The molecule has 1 amide bonds. The highest BCUT2D eigenvalue weighted by atomic mass is 35.5. The first kappa shape index (κ1) is 15.0. The van der Waals surface area contributed by atoms with E-state index in [4.69, 9.17) is 11.6 Å². The molecule has 1 aliphatic carbocycles. The molecule has 0 bridgehead atoms. The summed E-state index contributed by atoms with van der Waals surface area (Å²) in [6, 6.07) is 7.56. The predicted molar refractivity (Wildman–Crippen MR) is 86.0 cm³/mol. The lowest BCUT2D eigenvalue weighted by molar-refractivity contribution is -0.146. The van der Waals surface area contributed by atoms with Crippen molar-refractivity contribution in [2.75, 3.05) is 5.32 Å². The molecule has 1 aromatic heterocycles. The minimum absolute atomic E-state index is 0.245. The van der Waals surface area contributed by atoms with Crippen LogP contribution in [0.15, 0.2) is 35.4 Å². The number of rotatable bonds is 3. The van der Waals surface area contributed by atoms with Crippen molar-refractivity contribution in [3.63, 3.8) is 0 Å². The molecule has 0 saturated heterocycles. The summed E-state index contributed by atoms with van der Waals surface area (Å²) in [7, 11) is 0. The fourth-order valence-electron chi connectivity index (χ4n) is 2.53. The number of aromatic nitrogens is 1. The van der Waals surface area contributed by atoms with Crippen LogP contribution in [-0.2, 0) is 9.59 Å². The Balaban J connectivity index is 1.80. The second-order valence-electron chi connectivity index (χ2n) is 5.12. The number of amides is 1. The molecule has 1 aliphatic rings. The normalized spacial score (nSPS) is 21.4. The lowest BCUT2D eigenvalue weighted by Gasteiger charge is -2.25. The third kappa shape index (κ3) is 2.98. The number of halogens is 1. The van der Waals surface area contributed by atoms with Gasteiger partial charge in [-0.1, -0.05) is 41.1 Å². The zero-order chi connectivity index (χ0) is 15.7. The molecular weight excluding hydrogens is 324 g/mol. The molecule has 114 valence electrons. The third-order valence-corrected chi connectivity index (χ3v) is 4.93. The summed E-state index contributed by atoms with van der Waals surface area (Å²) in [5.41, 5.74) is 0.805. The minimum Gasteiger partial charge on any atom is -0.481 e. The molecule has 2 N–H and O–H groups in total. The van der Waals surface area contributed by atoms with E-state index in [1.54, 1.807) is 6.08 Å². The molecule has 0 aliphatic heterocycles. The van der Waals surface area contributed by atoms with E-state index in [9.17, 15) is 14.7 Å². The van der Waals surface area contributed by atoms with Gasteiger partial charge in [-0.15, -0.1) is 0 Å². The fourth-order valence-corrected chi connectivity index (χ4v) is 3.65. The SMILES string of the molecule is O=C(O)[C@@H]1CC=C(Cl)C[C@H]1C(=O)Nc1nc2ccccc2s1. The number of nitrogens with zero attached hydrogens (tertiary/aromatic N) is 1. The van der Waals surface area contributed by atoms with Gasteiger partial charge in [-0.3, -0.25) is 9.59 Å². The van der Waals surface area contributed by atoms with E-state index < -0.39 is 17.8 Å². The molecule has 3 rings (SSSR count). The lowest BCUT2D eigenvalue weighted by Crippen LogP contribution is -2.35. The molecule has 0 radical (unpaired) electrons. The standard InChI is InChI=1S/C15H13ClN2O3S/c16-8-5-6-9(14(20)21)10(7-8)13(19)18-15-17-11-3-1-2-4-12(11)22-15/h1-5,9-10H,6-7H2,(H,20,21)(H,17,18,19)/t9-,10-/m1/s1. The predicted octanol–water partition coefficient (Wildman–Crippen LogP) is 3.47. The molecule has 7 heteroatoms. The van der Waals surface area contributed by atoms with Crippen molar-refractivity contribution in [2.24, 2.45) is 11.8 Å². The van der Waals surface area contributed by atoms with Gasteiger partial charge in [0.25, 0.3) is 0 Å². The van der Waals surface area contributed by atoms with E-state index in [0.29, 0.717) is 10.2 Å². The largest absolute Gasteiger partial charge is 0.481 e. The van der Waals surface area contributed by atoms with Gasteiger partial charge in [0.05, 0.1) is 22.1 Å². The second kappa shape index (κ2) is 6.06. The van der Waals surface area contributed by atoms with Crippen molar-refractivity contribution < 1.29 is 14.7 Å². The maximum atomic E-state index is 12.4. The topological polar surface area (TPSA) is 79.3 Å². The number of fused-ring (bicyclic) bond motifs is 1. The molecule has 0 saturated carbocycles. The Hall–Kier alpha value is -1.92. The Labute approximate surface area is 135 Å². The molecule has 0 fully saturated rings. The number of carboxylic acid groups (broad SMARTS) is 1. The number of para-hydroxylation sites is 1. The van der Waals surface area contributed by atoms with Gasteiger partial charge >= 0.3 is 5.97 Å². The zero-order valence-electron chi connectivity index (χ0n) is 11.5. The van der Waals surface area contributed by atoms with Crippen molar-refractivity contribution in [1.29, 1.82) is 0 Å². The van der Waals surface area contributed by atoms with Gasteiger partial charge in [-0.05, 0) is 25.0 Å². The lowest BCUT2D eigenvalue weighted by atomic mass is 9.82.